The molecule has 2 aromatic heterocycles. The van der Waals surface area contributed by atoms with Gasteiger partial charge in [0.1, 0.15) is 5.52 Å². The summed E-state index contributed by atoms with van der Waals surface area (Å²) in [5.41, 5.74) is 3.85. The summed E-state index contributed by atoms with van der Waals surface area (Å²) in [6.07, 6.45) is 1.79. The number of nitrogens with zero attached hydrogens (tertiary/aromatic N) is 3. The van der Waals surface area contributed by atoms with Crippen molar-refractivity contribution in [1.82, 2.24) is 14.8 Å². The van der Waals surface area contributed by atoms with Gasteiger partial charge in [-0.05, 0) is 24.3 Å². The van der Waals surface area contributed by atoms with E-state index in [1.165, 1.54) is 0 Å². The second-order valence-corrected chi connectivity index (χ2v) is 4.22. The van der Waals surface area contributed by atoms with Crippen LogP contribution in [0.25, 0.3) is 11.1 Å². The van der Waals surface area contributed by atoms with Gasteiger partial charge in [-0.15, -0.1) is 0 Å². The summed E-state index contributed by atoms with van der Waals surface area (Å²) in [7, 11) is 1.93. The first kappa shape index (κ1) is 10.8. The third kappa shape index (κ3) is 1.95. The lowest BCUT2D eigenvalue weighted by Gasteiger charge is -2.06. The molecular formula is C13H14N4O. The molecule has 2 heterocycles. The Labute approximate surface area is 104 Å². The Morgan fingerprint density at radius 3 is 3.00 bits per heavy atom. The van der Waals surface area contributed by atoms with Crippen LogP contribution in [0.1, 0.15) is 11.6 Å². The van der Waals surface area contributed by atoms with Crippen LogP contribution in [0, 0.1) is 6.92 Å². The number of aryl methyl sites for hydroxylation is 2. The van der Waals surface area contributed by atoms with Crippen molar-refractivity contribution in [2.45, 2.75) is 13.5 Å². The van der Waals surface area contributed by atoms with E-state index in [2.05, 4.69) is 15.4 Å². The van der Waals surface area contributed by atoms with Gasteiger partial charge in [-0.1, -0.05) is 0 Å². The fourth-order valence-corrected chi connectivity index (χ4v) is 1.92. The third-order valence-electron chi connectivity index (χ3n) is 2.89. The van der Waals surface area contributed by atoms with Crippen molar-refractivity contribution in [2.75, 3.05) is 5.32 Å². The van der Waals surface area contributed by atoms with Crippen molar-refractivity contribution in [3.63, 3.8) is 0 Å². The van der Waals surface area contributed by atoms with E-state index in [4.69, 9.17) is 4.42 Å². The Morgan fingerprint density at radius 2 is 2.22 bits per heavy atom. The quantitative estimate of drug-likeness (QED) is 0.766. The molecule has 18 heavy (non-hydrogen) atoms. The Balaban J connectivity index is 1.80. The van der Waals surface area contributed by atoms with Gasteiger partial charge in [-0.2, -0.15) is 5.10 Å². The molecule has 3 rings (SSSR count). The second kappa shape index (κ2) is 4.18. The fraction of sp³-hybridized carbons (Fsp3) is 0.231. The average molecular weight is 242 g/mol. The molecule has 5 heteroatoms. The summed E-state index contributed by atoms with van der Waals surface area (Å²) in [5.74, 6) is 0.689. The molecule has 0 saturated carbocycles. The van der Waals surface area contributed by atoms with Crippen molar-refractivity contribution in [2.24, 2.45) is 7.05 Å². The van der Waals surface area contributed by atoms with Gasteiger partial charge < -0.3 is 9.73 Å². The molecule has 0 spiro atoms. The summed E-state index contributed by atoms with van der Waals surface area (Å²) in [6, 6.07) is 7.90. The minimum atomic E-state index is 0.689. The maximum Gasteiger partial charge on any atom is 0.192 e. The number of fused-ring (bicyclic) bond motifs is 1. The van der Waals surface area contributed by atoms with Gasteiger partial charge in [0.05, 0.1) is 12.2 Å². The number of aromatic nitrogens is 3. The summed E-state index contributed by atoms with van der Waals surface area (Å²) in [4.78, 5) is 4.31. The monoisotopic (exact) mass is 242 g/mol. The smallest absolute Gasteiger partial charge is 0.192 e. The normalized spacial score (nSPS) is 11.0. The molecule has 0 bridgehead atoms. The first-order valence-electron chi connectivity index (χ1n) is 5.80. The van der Waals surface area contributed by atoms with E-state index in [0.29, 0.717) is 5.89 Å². The molecule has 5 nitrogen and oxygen atoms in total. The molecule has 0 fully saturated rings. The van der Waals surface area contributed by atoms with Gasteiger partial charge in [0.15, 0.2) is 11.5 Å². The molecule has 0 atom stereocenters. The van der Waals surface area contributed by atoms with Gasteiger partial charge in [0, 0.05) is 25.9 Å². The van der Waals surface area contributed by atoms with Gasteiger partial charge >= 0.3 is 0 Å². The van der Waals surface area contributed by atoms with Crippen LogP contribution in [-0.4, -0.2) is 14.8 Å². The molecule has 92 valence electrons. The zero-order valence-corrected chi connectivity index (χ0v) is 10.3. The van der Waals surface area contributed by atoms with Crippen molar-refractivity contribution >= 4 is 16.8 Å². The highest BCUT2D eigenvalue weighted by molar-refractivity contribution is 5.77. The summed E-state index contributed by atoms with van der Waals surface area (Å²) < 4.78 is 7.29. The zero-order valence-electron chi connectivity index (χ0n) is 10.3. The fourth-order valence-electron chi connectivity index (χ4n) is 1.92. The van der Waals surface area contributed by atoms with E-state index in [1.54, 1.807) is 6.20 Å². The number of hydrogen-bond donors (Lipinski definition) is 1. The predicted molar refractivity (Wildman–Crippen MR) is 69.3 cm³/mol. The van der Waals surface area contributed by atoms with Gasteiger partial charge in [-0.3, -0.25) is 4.68 Å². The topological polar surface area (TPSA) is 55.9 Å². The largest absolute Gasteiger partial charge is 0.441 e. The van der Waals surface area contributed by atoms with E-state index in [0.717, 1.165) is 29.0 Å². The lowest BCUT2D eigenvalue weighted by Crippen LogP contribution is -2.05. The van der Waals surface area contributed by atoms with Crippen LogP contribution in [0.3, 0.4) is 0 Å². The van der Waals surface area contributed by atoms with Crippen LogP contribution >= 0.6 is 0 Å². The van der Waals surface area contributed by atoms with Crippen LogP contribution in [0.15, 0.2) is 34.9 Å². The van der Waals surface area contributed by atoms with E-state index in [1.807, 2.05) is 42.9 Å². The van der Waals surface area contributed by atoms with Crippen molar-refractivity contribution in [3.8, 4) is 0 Å². The molecule has 0 amide bonds. The number of oxazole rings is 1. The Kier molecular flexibility index (Phi) is 2.51. The highest BCUT2D eigenvalue weighted by Crippen LogP contribution is 2.20. The highest BCUT2D eigenvalue weighted by Gasteiger charge is 2.03. The van der Waals surface area contributed by atoms with E-state index in [-0.39, 0.29) is 0 Å². The van der Waals surface area contributed by atoms with Crippen LogP contribution in [-0.2, 0) is 13.6 Å². The Bertz CT molecular complexity index is 683. The maximum atomic E-state index is 5.44. The van der Waals surface area contributed by atoms with Crippen LogP contribution < -0.4 is 5.32 Å². The van der Waals surface area contributed by atoms with Crippen molar-refractivity contribution in [3.05, 3.63) is 42.0 Å². The summed E-state index contributed by atoms with van der Waals surface area (Å²) in [5, 5.41) is 7.48. The highest BCUT2D eigenvalue weighted by atomic mass is 16.3. The van der Waals surface area contributed by atoms with E-state index in [9.17, 15) is 0 Å². The number of anilines is 1. The minimum absolute atomic E-state index is 0.689. The molecule has 3 aromatic rings. The molecule has 0 aliphatic heterocycles. The average Bonchev–Trinajstić information content (AvgIpc) is 2.90. The van der Waals surface area contributed by atoms with Gasteiger partial charge in [0.2, 0.25) is 0 Å². The molecule has 0 aliphatic carbocycles. The second-order valence-electron chi connectivity index (χ2n) is 4.22. The van der Waals surface area contributed by atoms with Crippen molar-refractivity contribution in [1.29, 1.82) is 0 Å². The molecule has 1 aromatic carbocycles. The van der Waals surface area contributed by atoms with Crippen molar-refractivity contribution < 1.29 is 4.42 Å². The van der Waals surface area contributed by atoms with Crippen LogP contribution in [0.5, 0.6) is 0 Å². The minimum Gasteiger partial charge on any atom is -0.441 e. The van der Waals surface area contributed by atoms with E-state index < -0.39 is 0 Å². The Hall–Kier alpha value is -2.30. The Morgan fingerprint density at radius 1 is 1.33 bits per heavy atom. The molecule has 0 saturated heterocycles. The summed E-state index contributed by atoms with van der Waals surface area (Å²) >= 11 is 0. The SMILES string of the molecule is Cc1nc2cc(NCc3ccnn3C)ccc2o1. The summed E-state index contributed by atoms with van der Waals surface area (Å²) in [6.45, 7) is 2.58. The number of rotatable bonds is 3. The molecule has 0 unspecified atom stereocenters. The zero-order chi connectivity index (χ0) is 12.5. The van der Waals surface area contributed by atoms with Crippen LogP contribution in [0.4, 0.5) is 5.69 Å². The molecule has 1 N–H and O–H groups in total. The van der Waals surface area contributed by atoms with E-state index >= 15 is 0 Å². The van der Waals surface area contributed by atoms with Gasteiger partial charge in [0.25, 0.3) is 0 Å². The lowest BCUT2D eigenvalue weighted by atomic mass is 10.3. The van der Waals surface area contributed by atoms with Crippen LogP contribution in [0.2, 0.25) is 0 Å². The number of hydrogen-bond acceptors (Lipinski definition) is 4. The molecule has 0 radical (unpaired) electrons. The first-order valence-corrected chi connectivity index (χ1v) is 5.80. The first-order chi connectivity index (χ1) is 8.72. The maximum absolute atomic E-state index is 5.44. The predicted octanol–water partition coefficient (Wildman–Crippen LogP) is 2.48. The number of benzene rings is 1. The third-order valence-corrected chi connectivity index (χ3v) is 2.89. The lowest BCUT2D eigenvalue weighted by molar-refractivity contribution is 0.561. The van der Waals surface area contributed by atoms with Gasteiger partial charge in [-0.25, -0.2) is 4.98 Å². The number of nitrogens with one attached hydrogen (secondary N) is 1. The molecular weight excluding hydrogens is 228 g/mol. The molecule has 0 aliphatic rings. The standard InChI is InChI=1S/C13H14N4O/c1-9-16-12-7-10(3-4-13(12)18-9)14-8-11-5-6-15-17(11)2/h3-7,14H,8H2,1-2H3.